The molecule has 0 bridgehead atoms. The Morgan fingerprint density at radius 2 is 2.19 bits per heavy atom. The maximum absolute atomic E-state index is 6.08. The number of hydrogen-bond acceptors (Lipinski definition) is 2. The Bertz CT molecular complexity index is 734. The van der Waals surface area contributed by atoms with E-state index in [1.54, 1.807) is 11.3 Å². The molecule has 0 radical (unpaired) electrons. The number of hydrogen-bond donors (Lipinski definition) is 0. The van der Waals surface area contributed by atoms with E-state index in [-0.39, 0.29) is 0 Å². The molecule has 0 N–H and O–H groups in total. The van der Waals surface area contributed by atoms with Crippen molar-refractivity contribution in [2.75, 3.05) is 5.88 Å². The highest BCUT2D eigenvalue weighted by molar-refractivity contribution is 7.07. The molecule has 2 nitrogen and oxygen atoms in total. The molecule has 3 rings (SSSR count). The van der Waals surface area contributed by atoms with Gasteiger partial charge in [-0.2, -0.15) is 11.3 Å². The third-order valence-electron chi connectivity index (χ3n) is 3.59. The third-order valence-corrected chi connectivity index (χ3v) is 4.75. The van der Waals surface area contributed by atoms with Crippen LogP contribution in [0.2, 0.25) is 5.02 Å². The van der Waals surface area contributed by atoms with Gasteiger partial charge in [-0.1, -0.05) is 11.6 Å². The second-order valence-electron chi connectivity index (χ2n) is 5.15. The van der Waals surface area contributed by atoms with E-state index in [0.29, 0.717) is 11.9 Å². The summed E-state index contributed by atoms with van der Waals surface area (Å²) in [5.74, 6) is 1.60. The van der Waals surface area contributed by atoms with Gasteiger partial charge in [0.05, 0.1) is 11.0 Å². The maximum Gasteiger partial charge on any atom is 0.111 e. The molecule has 0 aliphatic rings. The summed E-state index contributed by atoms with van der Waals surface area (Å²) in [6.45, 7) is 2.23. The second kappa shape index (κ2) is 6.39. The van der Waals surface area contributed by atoms with Crippen molar-refractivity contribution < 1.29 is 0 Å². The molecule has 1 atom stereocenters. The molecular weight excluding hydrogens is 323 g/mol. The molecule has 2 heterocycles. The summed E-state index contributed by atoms with van der Waals surface area (Å²) in [5.41, 5.74) is 3.43. The maximum atomic E-state index is 6.08. The van der Waals surface area contributed by atoms with Crippen LogP contribution in [0.1, 0.15) is 24.4 Å². The first-order chi connectivity index (χ1) is 10.2. The number of alkyl halides is 1. The predicted molar refractivity (Wildman–Crippen MR) is 91.9 cm³/mol. The number of rotatable bonds is 5. The summed E-state index contributed by atoms with van der Waals surface area (Å²) >= 11 is 13.8. The highest BCUT2D eigenvalue weighted by Gasteiger charge is 2.16. The lowest BCUT2D eigenvalue weighted by atomic mass is 10.1. The van der Waals surface area contributed by atoms with Crippen molar-refractivity contribution in [3.63, 3.8) is 0 Å². The lowest BCUT2D eigenvalue weighted by Gasteiger charge is -2.17. The van der Waals surface area contributed by atoms with Gasteiger partial charge in [0.25, 0.3) is 0 Å². The van der Waals surface area contributed by atoms with Crippen molar-refractivity contribution in [3.8, 4) is 0 Å². The van der Waals surface area contributed by atoms with Crippen molar-refractivity contribution in [1.29, 1.82) is 0 Å². The summed E-state index contributed by atoms with van der Waals surface area (Å²) in [6.07, 6.45) is 1.76. The average Bonchev–Trinajstić information content (AvgIpc) is 3.05. The number of halogens is 2. The van der Waals surface area contributed by atoms with E-state index >= 15 is 0 Å². The van der Waals surface area contributed by atoms with E-state index in [1.807, 2.05) is 18.2 Å². The monoisotopic (exact) mass is 338 g/mol. The quantitative estimate of drug-likeness (QED) is 0.574. The standard InChI is InChI=1S/C16H16Cl2N2S/c1-11(8-12-5-7-21-10-12)20-15-3-2-13(18)9-14(15)19-16(20)4-6-17/h2-3,5,7,9-11H,4,6,8H2,1H3. The first-order valence-electron chi connectivity index (χ1n) is 6.92. The minimum atomic E-state index is 0.337. The molecule has 1 aromatic carbocycles. The van der Waals surface area contributed by atoms with E-state index in [9.17, 15) is 0 Å². The van der Waals surface area contributed by atoms with E-state index < -0.39 is 0 Å². The molecule has 110 valence electrons. The molecule has 0 saturated carbocycles. The minimum Gasteiger partial charge on any atom is -0.325 e. The number of thiophene rings is 1. The van der Waals surface area contributed by atoms with Crippen LogP contribution in [0, 0.1) is 0 Å². The van der Waals surface area contributed by atoms with Gasteiger partial charge in [-0.05, 0) is 53.9 Å². The van der Waals surface area contributed by atoms with Crippen molar-refractivity contribution in [3.05, 3.63) is 51.4 Å². The minimum absolute atomic E-state index is 0.337. The molecule has 21 heavy (non-hydrogen) atoms. The molecule has 0 fully saturated rings. The first kappa shape index (κ1) is 14.9. The highest BCUT2D eigenvalue weighted by atomic mass is 35.5. The molecule has 0 saturated heterocycles. The van der Waals surface area contributed by atoms with Gasteiger partial charge in [0.1, 0.15) is 5.82 Å². The number of aryl methyl sites for hydroxylation is 1. The van der Waals surface area contributed by atoms with E-state index in [4.69, 9.17) is 28.2 Å². The van der Waals surface area contributed by atoms with Crippen LogP contribution >= 0.6 is 34.5 Å². The van der Waals surface area contributed by atoms with Crippen LogP contribution in [0.5, 0.6) is 0 Å². The Morgan fingerprint density at radius 1 is 1.33 bits per heavy atom. The molecule has 3 aromatic rings. The fourth-order valence-corrected chi connectivity index (χ4v) is 3.73. The van der Waals surface area contributed by atoms with Gasteiger partial charge in [0.15, 0.2) is 0 Å². The molecule has 0 aliphatic carbocycles. The molecule has 0 aliphatic heterocycles. The van der Waals surface area contributed by atoms with E-state index in [0.717, 1.165) is 34.7 Å². The fourth-order valence-electron chi connectivity index (χ4n) is 2.72. The first-order valence-corrected chi connectivity index (χ1v) is 8.78. The number of benzene rings is 1. The SMILES string of the molecule is CC(Cc1ccsc1)n1c(CCCl)nc2cc(Cl)ccc21. The second-order valence-corrected chi connectivity index (χ2v) is 6.75. The summed E-state index contributed by atoms with van der Waals surface area (Å²) in [5, 5.41) is 5.04. The Balaban J connectivity index is 2.03. The smallest absolute Gasteiger partial charge is 0.111 e. The van der Waals surface area contributed by atoms with E-state index in [1.165, 1.54) is 5.56 Å². The van der Waals surface area contributed by atoms with Crippen LogP contribution in [-0.2, 0) is 12.8 Å². The molecule has 1 unspecified atom stereocenters. The normalized spacial score (nSPS) is 12.9. The van der Waals surface area contributed by atoms with Crippen LogP contribution in [0.15, 0.2) is 35.0 Å². The lowest BCUT2D eigenvalue weighted by molar-refractivity contribution is 0.538. The molecule has 0 amide bonds. The number of fused-ring (bicyclic) bond motifs is 1. The van der Waals surface area contributed by atoms with Gasteiger partial charge in [-0.15, -0.1) is 11.6 Å². The van der Waals surface area contributed by atoms with Crippen LogP contribution in [0.3, 0.4) is 0 Å². The Kier molecular flexibility index (Phi) is 4.53. The molecular formula is C16H16Cl2N2S. The average molecular weight is 339 g/mol. The van der Waals surface area contributed by atoms with Gasteiger partial charge in [-0.3, -0.25) is 0 Å². The zero-order valence-electron chi connectivity index (χ0n) is 11.7. The van der Waals surface area contributed by atoms with Crippen LogP contribution < -0.4 is 0 Å². The van der Waals surface area contributed by atoms with Crippen LogP contribution in [0.25, 0.3) is 11.0 Å². The van der Waals surface area contributed by atoms with Crippen molar-refractivity contribution in [1.82, 2.24) is 9.55 Å². The van der Waals surface area contributed by atoms with Gasteiger partial charge in [-0.25, -0.2) is 4.98 Å². The number of aromatic nitrogens is 2. The Hall–Kier alpha value is -1.03. The molecule has 0 spiro atoms. The number of nitrogens with zero attached hydrogens (tertiary/aromatic N) is 2. The lowest BCUT2D eigenvalue weighted by Crippen LogP contribution is -2.12. The van der Waals surface area contributed by atoms with E-state index in [2.05, 4.69) is 28.3 Å². The largest absolute Gasteiger partial charge is 0.325 e. The van der Waals surface area contributed by atoms with Crippen molar-refractivity contribution in [2.24, 2.45) is 0 Å². The predicted octanol–water partition coefficient (Wildman–Crippen LogP) is 5.34. The van der Waals surface area contributed by atoms with Crippen LogP contribution in [0.4, 0.5) is 0 Å². The Labute approximate surface area is 138 Å². The van der Waals surface area contributed by atoms with Crippen molar-refractivity contribution in [2.45, 2.75) is 25.8 Å². The zero-order chi connectivity index (χ0) is 14.8. The summed E-state index contributed by atoms with van der Waals surface area (Å²) in [7, 11) is 0. The third kappa shape index (κ3) is 3.10. The fraction of sp³-hybridized carbons (Fsp3) is 0.312. The van der Waals surface area contributed by atoms with Crippen molar-refractivity contribution >= 4 is 45.6 Å². The summed E-state index contributed by atoms with van der Waals surface area (Å²) in [4.78, 5) is 4.71. The molecule has 5 heteroatoms. The summed E-state index contributed by atoms with van der Waals surface area (Å²) in [6, 6.07) is 8.40. The Morgan fingerprint density at radius 3 is 2.90 bits per heavy atom. The van der Waals surface area contributed by atoms with Gasteiger partial charge >= 0.3 is 0 Å². The summed E-state index contributed by atoms with van der Waals surface area (Å²) < 4.78 is 2.30. The van der Waals surface area contributed by atoms with Gasteiger partial charge in [0.2, 0.25) is 0 Å². The topological polar surface area (TPSA) is 17.8 Å². The number of imidazole rings is 1. The van der Waals surface area contributed by atoms with Gasteiger partial charge < -0.3 is 4.57 Å². The molecule has 2 aromatic heterocycles. The zero-order valence-corrected chi connectivity index (χ0v) is 14.0. The highest BCUT2D eigenvalue weighted by Crippen LogP contribution is 2.27. The van der Waals surface area contributed by atoms with Crippen LogP contribution in [-0.4, -0.2) is 15.4 Å². The van der Waals surface area contributed by atoms with Gasteiger partial charge in [0, 0.05) is 23.4 Å².